The maximum Gasteiger partial charge on any atom is 0.290 e. The highest BCUT2D eigenvalue weighted by molar-refractivity contribution is 5.95. The maximum absolute atomic E-state index is 12.6. The molecule has 2 N–H and O–H groups in total. The molecular weight excluding hydrogens is 328 g/mol. The number of carboxylic acid groups (broad SMARTS) is 1. The Kier molecular flexibility index (Phi) is 6.22. The molecule has 0 bridgehead atoms. The first-order chi connectivity index (χ1) is 11.9. The molecule has 0 saturated carbocycles. The number of nitrogens with zero attached hydrogens (tertiary/aromatic N) is 2. The van der Waals surface area contributed by atoms with Crippen molar-refractivity contribution < 1.29 is 29.3 Å². The number of likely N-dealkylation sites (N-methyl/N-ethyl adjacent to an activating group) is 1. The van der Waals surface area contributed by atoms with Crippen LogP contribution in [0.25, 0.3) is 0 Å². The lowest BCUT2D eigenvalue weighted by molar-refractivity contribution is -0.122. The Balaban J connectivity index is 0.000000701. The molecule has 0 spiro atoms. The second-order valence-electron chi connectivity index (χ2n) is 6.40. The van der Waals surface area contributed by atoms with Crippen molar-refractivity contribution in [1.29, 1.82) is 0 Å². The molecule has 25 heavy (non-hydrogen) atoms. The molecule has 1 saturated heterocycles. The van der Waals surface area contributed by atoms with E-state index in [1.54, 1.807) is 23.1 Å². The number of carbonyl (C=O) groups excluding carboxylic acids is 1. The van der Waals surface area contributed by atoms with Gasteiger partial charge in [-0.1, -0.05) is 0 Å². The number of hydrogen-bond acceptors (Lipinski definition) is 6. The first kappa shape index (κ1) is 19.0. The van der Waals surface area contributed by atoms with Crippen molar-refractivity contribution in [2.75, 3.05) is 46.9 Å². The van der Waals surface area contributed by atoms with E-state index in [1.807, 2.05) is 19.0 Å². The summed E-state index contributed by atoms with van der Waals surface area (Å²) < 4.78 is 11.0. The zero-order valence-electron chi connectivity index (χ0n) is 14.5. The van der Waals surface area contributed by atoms with Crippen LogP contribution in [0.3, 0.4) is 0 Å². The third-order valence-corrected chi connectivity index (χ3v) is 4.02. The maximum atomic E-state index is 12.6. The summed E-state index contributed by atoms with van der Waals surface area (Å²) in [5, 5.41) is 17.4. The molecular formula is C17H24N2O6. The summed E-state index contributed by atoms with van der Waals surface area (Å²) in [6, 6.07) is 5.24. The van der Waals surface area contributed by atoms with Gasteiger partial charge in [0.1, 0.15) is 13.2 Å². The van der Waals surface area contributed by atoms with Gasteiger partial charge in [0.25, 0.3) is 12.4 Å². The van der Waals surface area contributed by atoms with E-state index >= 15 is 0 Å². The van der Waals surface area contributed by atoms with Crippen LogP contribution in [-0.4, -0.2) is 84.9 Å². The third-order valence-electron chi connectivity index (χ3n) is 4.02. The molecule has 2 aliphatic rings. The van der Waals surface area contributed by atoms with Crippen LogP contribution >= 0.6 is 0 Å². The van der Waals surface area contributed by atoms with Crippen LogP contribution in [0.2, 0.25) is 0 Å². The topological polar surface area (TPSA) is 99.5 Å². The summed E-state index contributed by atoms with van der Waals surface area (Å²) in [4.78, 5) is 24.6. The van der Waals surface area contributed by atoms with E-state index in [4.69, 9.17) is 19.4 Å². The fourth-order valence-corrected chi connectivity index (χ4v) is 3.11. The Morgan fingerprint density at radius 3 is 2.60 bits per heavy atom. The Labute approximate surface area is 146 Å². The molecule has 1 fully saturated rings. The molecule has 1 amide bonds. The molecule has 1 aromatic rings. The molecule has 8 heteroatoms. The van der Waals surface area contributed by atoms with Gasteiger partial charge in [-0.15, -0.1) is 0 Å². The second kappa shape index (κ2) is 8.17. The van der Waals surface area contributed by atoms with Crippen LogP contribution in [-0.2, 0) is 4.79 Å². The number of amides is 1. The van der Waals surface area contributed by atoms with E-state index in [0.29, 0.717) is 56.3 Å². The number of carbonyl (C=O) groups is 2. The fraction of sp³-hybridized carbons (Fsp3) is 0.529. The smallest absolute Gasteiger partial charge is 0.290 e. The van der Waals surface area contributed by atoms with Gasteiger partial charge in [0, 0.05) is 18.7 Å². The SMILES string of the molecule is CN(C)CC1(O)CCN(C(=O)c2ccc3c(c2)OCCO3)C1.O=CO. The highest BCUT2D eigenvalue weighted by atomic mass is 16.6. The number of benzene rings is 1. The largest absolute Gasteiger partial charge is 0.486 e. The predicted octanol–water partition coefficient (Wildman–Crippen LogP) is 0.297. The summed E-state index contributed by atoms with van der Waals surface area (Å²) in [5.41, 5.74) is -0.258. The summed E-state index contributed by atoms with van der Waals surface area (Å²) in [5.74, 6) is 1.21. The van der Waals surface area contributed by atoms with Crippen molar-refractivity contribution in [3.05, 3.63) is 23.8 Å². The Morgan fingerprint density at radius 1 is 1.32 bits per heavy atom. The van der Waals surface area contributed by atoms with Crippen LogP contribution in [0.1, 0.15) is 16.8 Å². The molecule has 2 heterocycles. The van der Waals surface area contributed by atoms with E-state index in [1.165, 1.54) is 0 Å². The van der Waals surface area contributed by atoms with Crippen molar-refractivity contribution in [3.63, 3.8) is 0 Å². The molecule has 1 atom stereocenters. The van der Waals surface area contributed by atoms with Crippen LogP contribution in [0.4, 0.5) is 0 Å². The molecule has 2 aliphatic heterocycles. The number of rotatable bonds is 3. The van der Waals surface area contributed by atoms with Crippen molar-refractivity contribution in [3.8, 4) is 11.5 Å². The van der Waals surface area contributed by atoms with E-state index < -0.39 is 5.60 Å². The van der Waals surface area contributed by atoms with E-state index in [9.17, 15) is 9.90 Å². The van der Waals surface area contributed by atoms with Crippen molar-refractivity contribution in [1.82, 2.24) is 9.80 Å². The van der Waals surface area contributed by atoms with Gasteiger partial charge in [0.05, 0.1) is 12.1 Å². The summed E-state index contributed by atoms with van der Waals surface area (Å²) in [6.07, 6.45) is 0.599. The Bertz CT molecular complexity index is 621. The summed E-state index contributed by atoms with van der Waals surface area (Å²) in [6.45, 7) is 2.26. The third kappa shape index (κ3) is 4.83. The lowest BCUT2D eigenvalue weighted by atomic mass is 10.0. The standard InChI is InChI=1S/C16H22N2O4.CH2O2/c1-17(2)10-16(20)5-6-18(11-16)15(19)12-3-4-13-14(9-12)22-8-7-21-13;2-1-3/h3-4,9,20H,5-8,10-11H2,1-2H3;1H,(H,2,3). The number of fused-ring (bicyclic) bond motifs is 1. The quantitative estimate of drug-likeness (QED) is 0.755. The minimum atomic E-state index is -0.826. The minimum absolute atomic E-state index is 0.0772. The zero-order chi connectivity index (χ0) is 18.4. The Hall–Kier alpha value is -2.32. The summed E-state index contributed by atoms with van der Waals surface area (Å²) >= 11 is 0. The predicted molar refractivity (Wildman–Crippen MR) is 90.1 cm³/mol. The Morgan fingerprint density at radius 2 is 1.96 bits per heavy atom. The number of ether oxygens (including phenoxy) is 2. The summed E-state index contributed by atoms with van der Waals surface area (Å²) in [7, 11) is 3.84. The van der Waals surface area contributed by atoms with Gasteiger partial charge in [0.15, 0.2) is 11.5 Å². The molecule has 138 valence electrons. The van der Waals surface area contributed by atoms with Gasteiger partial charge in [-0.2, -0.15) is 0 Å². The molecule has 8 nitrogen and oxygen atoms in total. The van der Waals surface area contributed by atoms with E-state index in [0.717, 1.165) is 0 Å². The normalized spacial score (nSPS) is 21.5. The zero-order valence-corrected chi connectivity index (χ0v) is 14.5. The molecule has 1 unspecified atom stereocenters. The van der Waals surface area contributed by atoms with Crippen molar-refractivity contribution in [2.45, 2.75) is 12.0 Å². The number of hydrogen-bond donors (Lipinski definition) is 2. The molecule has 0 aromatic heterocycles. The van der Waals surface area contributed by atoms with Gasteiger partial charge >= 0.3 is 0 Å². The first-order valence-electron chi connectivity index (χ1n) is 8.02. The average Bonchev–Trinajstić information content (AvgIpc) is 2.95. The molecule has 0 radical (unpaired) electrons. The average molecular weight is 352 g/mol. The number of likely N-dealkylation sites (tertiary alicyclic amines) is 1. The van der Waals surface area contributed by atoms with Gasteiger partial charge in [-0.05, 0) is 38.7 Å². The van der Waals surface area contributed by atoms with Crippen molar-refractivity contribution in [2.24, 2.45) is 0 Å². The van der Waals surface area contributed by atoms with E-state index in [2.05, 4.69) is 0 Å². The monoisotopic (exact) mass is 352 g/mol. The molecule has 1 aromatic carbocycles. The van der Waals surface area contributed by atoms with Crippen molar-refractivity contribution >= 4 is 12.4 Å². The van der Waals surface area contributed by atoms with Crippen LogP contribution in [0.15, 0.2) is 18.2 Å². The van der Waals surface area contributed by atoms with Gasteiger partial charge in [0.2, 0.25) is 0 Å². The fourth-order valence-electron chi connectivity index (χ4n) is 3.11. The van der Waals surface area contributed by atoms with Crippen LogP contribution in [0.5, 0.6) is 11.5 Å². The second-order valence-corrected chi connectivity index (χ2v) is 6.40. The lowest BCUT2D eigenvalue weighted by Gasteiger charge is -2.26. The molecule has 3 rings (SSSR count). The molecule has 0 aliphatic carbocycles. The van der Waals surface area contributed by atoms with Crippen LogP contribution in [0, 0.1) is 0 Å². The van der Waals surface area contributed by atoms with Gasteiger partial charge in [-0.25, -0.2) is 0 Å². The minimum Gasteiger partial charge on any atom is -0.486 e. The van der Waals surface area contributed by atoms with Crippen LogP contribution < -0.4 is 9.47 Å². The highest BCUT2D eigenvalue weighted by Gasteiger charge is 2.38. The highest BCUT2D eigenvalue weighted by Crippen LogP contribution is 2.32. The number of β-amino-alcohol motifs (C(OH)–C–C–N with tert-alkyl or cyclic N) is 1. The first-order valence-corrected chi connectivity index (χ1v) is 8.02. The number of aliphatic hydroxyl groups is 1. The lowest BCUT2D eigenvalue weighted by Crippen LogP contribution is -2.43. The van der Waals surface area contributed by atoms with Gasteiger partial charge in [-0.3, -0.25) is 9.59 Å². The van der Waals surface area contributed by atoms with E-state index in [-0.39, 0.29) is 12.4 Å². The van der Waals surface area contributed by atoms with Gasteiger partial charge < -0.3 is 29.5 Å².